The summed E-state index contributed by atoms with van der Waals surface area (Å²) in [4.78, 5) is 0. The maximum atomic E-state index is 14.5. The Bertz CT molecular complexity index is 2280. The fraction of sp³-hybridized carbons (Fsp3) is 0.300. The van der Waals surface area contributed by atoms with Crippen LogP contribution in [-0.2, 0) is 57.4 Å². The Morgan fingerprint density at radius 3 is 0.935 bits per heavy atom. The van der Waals surface area contributed by atoms with Crippen molar-refractivity contribution >= 4 is 17.6 Å². The molecule has 0 spiro atoms. The summed E-state index contributed by atoms with van der Waals surface area (Å²) in [5.74, 6) is 0. The topological polar surface area (TPSA) is 0 Å². The SMILES string of the molecule is CC1=Cc2c(-c3c(C(F)(F)F)cc(C(F)(F)F)cc3C(F)(F)F)cccc2[CH]1[Zr+2]([CH]1C(C)=Cc2c(-c3c(C(F)(F)F)cc(C(F)(F)F)cc3C(F)(F)F)cccc21)=[Si](C)C.[Cl-].[Cl-]. The molecule has 0 nitrogen and oxygen atoms in total. The Morgan fingerprint density at radius 2 is 0.710 bits per heavy atom. The monoisotopic (exact) mass is 1040 g/mol. The standard InChI is InChI=1S/2C19H10F9.C2H6Si.2ClH.Zr/c2*1-9-5-10-3-2-4-12(13(10)6-9)16-14(18(23,24)25)7-11(17(20,21)22)8-15(16)19(26,27)28;1-3-2;;;/h2*2-8H,1H3;1-2H3;2*1H;/q;;;;;+2/p-2. The number of alkyl halides is 18. The van der Waals surface area contributed by atoms with E-state index in [0.29, 0.717) is 11.1 Å². The van der Waals surface area contributed by atoms with Crippen molar-refractivity contribution in [1.82, 2.24) is 0 Å². The van der Waals surface area contributed by atoms with Gasteiger partial charge in [-0.05, 0) is 0 Å². The summed E-state index contributed by atoms with van der Waals surface area (Å²) in [7, 11) is 0. The van der Waals surface area contributed by atoms with Gasteiger partial charge < -0.3 is 24.8 Å². The fourth-order valence-electron chi connectivity index (χ4n) is 8.20. The van der Waals surface area contributed by atoms with Gasteiger partial charge in [-0.2, -0.15) is 0 Å². The number of benzene rings is 4. The van der Waals surface area contributed by atoms with Gasteiger partial charge in [0.15, 0.2) is 0 Å². The zero-order chi connectivity index (χ0) is 45.0. The third-order valence-corrected chi connectivity index (χ3v) is 30.4. The van der Waals surface area contributed by atoms with Gasteiger partial charge in [0.05, 0.1) is 0 Å². The molecule has 0 radical (unpaired) electrons. The molecule has 0 N–H and O–H groups in total. The molecular weight excluding hydrogens is 1010 g/mol. The summed E-state index contributed by atoms with van der Waals surface area (Å²) in [5, 5.41) is 0. The zero-order valence-corrected chi connectivity index (χ0v) is 36.6. The van der Waals surface area contributed by atoms with Crippen molar-refractivity contribution in [3.63, 3.8) is 0 Å². The smallest absolute Gasteiger partial charge is 1.00 e. The first kappa shape index (κ1) is 51.4. The second-order valence-corrected chi connectivity index (χ2v) is 32.5. The van der Waals surface area contributed by atoms with Gasteiger partial charge in [-0.15, -0.1) is 0 Å². The molecule has 6 rings (SSSR count). The summed E-state index contributed by atoms with van der Waals surface area (Å²) in [6.07, 6.45) is -31.3. The minimum atomic E-state index is -5.70. The van der Waals surface area contributed by atoms with Crippen LogP contribution in [0.15, 0.2) is 71.8 Å². The Hall–Kier alpha value is -3.22. The number of rotatable bonds is 4. The van der Waals surface area contributed by atoms with Gasteiger partial charge in [0.1, 0.15) is 0 Å². The van der Waals surface area contributed by atoms with Crippen LogP contribution in [0, 0.1) is 0 Å². The third kappa shape index (κ3) is 9.44. The maximum absolute atomic E-state index is 14.5. The van der Waals surface area contributed by atoms with E-state index in [1.54, 1.807) is 13.8 Å². The first-order chi connectivity index (χ1) is 27.2. The van der Waals surface area contributed by atoms with E-state index in [4.69, 9.17) is 0 Å². The molecule has 2 unspecified atom stereocenters. The van der Waals surface area contributed by atoms with Crippen molar-refractivity contribution < 1.29 is 124 Å². The molecule has 0 aliphatic heterocycles. The van der Waals surface area contributed by atoms with Crippen molar-refractivity contribution in [2.45, 2.75) is 71.3 Å². The van der Waals surface area contributed by atoms with E-state index in [1.807, 2.05) is 13.1 Å². The number of halogens is 20. The molecule has 2 atom stereocenters. The van der Waals surface area contributed by atoms with Crippen LogP contribution in [0.1, 0.15) is 76.7 Å². The summed E-state index contributed by atoms with van der Waals surface area (Å²) < 4.78 is 255. The molecule has 0 aromatic heterocycles. The zero-order valence-electron chi connectivity index (χ0n) is 31.6. The predicted molar refractivity (Wildman–Crippen MR) is 184 cm³/mol. The minimum Gasteiger partial charge on any atom is -1.00 e. The summed E-state index contributed by atoms with van der Waals surface area (Å²) in [5.41, 5.74) is -17.8. The number of hydrogen-bond donors (Lipinski definition) is 0. The van der Waals surface area contributed by atoms with Crippen molar-refractivity contribution in [3.05, 3.63) is 127 Å². The average Bonchev–Trinajstić information content (AvgIpc) is 3.60. The van der Waals surface area contributed by atoms with Crippen LogP contribution in [-0.4, -0.2) is 5.43 Å². The largest absolute Gasteiger partial charge is 1.00 e. The Balaban J connectivity index is 0.00000422. The van der Waals surface area contributed by atoms with E-state index < -0.39 is 126 Å². The first-order valence-electron chi connectivity index (χ1n) is 17.3. The fourth-order valence-corrected chi connectivity index (χ4v) is 28.9. The molecule has 4 aromatic carbocycles. The third-order valence-electron chi connectivity index (χ3n) is 10.4. The second kappa shape index (κ2) is 17.0. The second-order valence-electron chi connectivity index (χ2n) is 14.6. The van der Waals surface area contributed by atoms with Crippen LogP contribution in [0.4, 0.5) is 79.0 Å². The molecule has 4 aromatic rings. The van der Waals surface area contributed by atoms with Gasteiger partial charge in [0, 0.05) is 0 Å². The quantitative estimate of drug-likeness (QED) is 0.141. The van der Waals surface area contributed by atoms with Crippen LogP contribution in [0.3, 0.4) is 0 Å². The van der Waals surface area contributed by atoms with Gasteiger partial charge in [0.2, 0.25) is 0 Å². The number of hydrogen-bond acceptors (Lipinski definition) is 0. The van der Waals surface area contributed by atoms with E-state index in [0.717, 1.165) is 24.3 Å². The number of fused-ring (bicyclic) bond motifs is 2. The van der Waals surface area contributed by atoms with Gasteiger partial charge >= 0.3 is 338 Å². The molecule has 0 heterocycles. The van der Waals surface area contributed by atoms with E-state index >= 15 is 0 Å². The molecular formula is C40H26Cl2F18SiZr. The summed E-state index contributed by atoms with van der Waals surface area (Å²) in [6.45, 7) is 6.84. The van der Waals surface area contributed by atoms with Crippen molar-refractivity contribution in [1.29, 1.82) is 0 Å². The van der Waals surface area contributed by atoms with Gasteiger partial charge in [-0.25, -0.2) is 0 Å². The Kier molecular flexibility index (Phi) is 14.1. The van der Waals surface area contributed by atoms with E-state index in [2.05, 4.69) is 0 Å². The van der Waals surface area contributed by atoms with E-state index in [1.165, 1.54) is 24.3 Å². The van der Waals surface area contributed by atoms with E-state index in [9.17, 15) is 79.0 Å². The van der Waals surface area contributed by atoms with Gasteiger partial charge in [-0.3, -0.25) is 0 Å². The predicted octanol–water partition coefficient (Wildman–Crippen LogP) is 9.63. The van der Waals surface area contributed by atoms with Gasteiger partial charge in [-0.1, -0.05) is 0 Å². The van der Waals surface area contributed by atoms with Crippen LogP contribution < -0.4 is 24.8 Å². The van der Waals surface area contributed by atoms with Crippen LogP contribution >= 0.6 is 0 Å². The van der Waals surface area contributed by atoms with Crippen LogP contribution in [0.2, 0.25) is 13.1 Å². The molecule has 0 amide bonds. The molecule has 62 heavy (non-hydrogen) atoms. The minimum absolute atomic E-state index is 0. The summed E-state index contributed by atoms with van der Waals surface area (Å²) >= 11 is -3.54. The average molecular weight is 1040 g/mol. The first-order valence-corrected chi connectivity index (χ1v) is 26.4. The van der Waals surface area contributed by atoms with Crippen LogP contribution in [0.5, 0.6) is 0 Å². The Morgan fingerprint density at radius 1 is 0.435 bits per heavy atom. The molecule has 0 saturated carbocycles. The number of allylic oxidation sites excluding steroid dienone is 2. The Labute approximate surface area is 361 Å². The summed E-state index contributed by atoms with van der Waals surface area (Å²) in [6, 6.07) is 5.52. The molecule has 22 heteroatoms. The normalized spacial score (nSPS) is 16.7. The molecule has 2 aliphatic rings. The van der Waals surface area contributed by atoms with E-state index in [-0.39, 0.29) is 71.3 Å². The van der Waals surface area contributed by atoms with Crippen molar-refractivity contribution in [3.8, 4) is 22.3 Å². The van der Waals surface area contributed by atoms with Gasteiger partial charge in [0.25, 0.3) is 0 Å². The molecule has 0 bridgehead atoms. The molecule has 0 saturated heterocycles. The molecule has 2 aliphatic carbocycles. The maximum Gasteiger partial charge on any atom is -1.00 e. The molecule has 334 valence electrons. The molecule has 0 fully saturated rings. The van der Waals surface area contributed by atoms with Crippen molar-refractivity contribution in [2.75, 3.05) is 0 Å². The van der Waals surface area contributed by atoms with Crippen molar-refractivity contribution in [2.24, 2.45) is 0 Å². The van der Waals surface area contributed by atoms with Crippen LogP contribution in [0.25, 0.3) is 34.4 Å².